The number of carbonyl (C=O) groups excluding carboxylic acids is 1. The van der Waals surface area contributed by atoms with E-state index in [1.54, 1.807) is 6.92 Å². The van der Waals surface area contributed by atoms with Gasteiger partial charge in [-0.25, -0.2) is 4.79 Å². The molecule has 0 aliphatic heterocycles. The standard InChI is InChI=1S/C10H15NO3/c1-4-13-10(12)11-8(3)9-6-5-7(2)14-9/h5-6,8H,4H2,1-3H3,(H,11,12). The summed E-state index contributed by atoms with van der Waals surface area (Å²) in [5, 5.41) is 2.66. The number of rotatable bonds is 3. The molecule has 1 rings (SSSR count). The fourth-order valence-electron chi connectivity index (χ4n) is 1.11. The molecule has 0 spiro atoms. The molecule has 1 N–H and O–H groups in total. The number of amides is 1. The summed E-state index contributed by atoms with van der Waals surface area (Å²) in [6.45, 7) is 5.84. The van der Waals surface area contributed by atoms with E-state index in [9.17, 15) is 4.79 Å². The molecular weight excluding hydrogens is 182 g/mol. The van der Waals surface area contributed by atoms with Crippen LogP contribution in [0.4, 0.5) is 4.79 Å². The first-order chi connectivity index (χ1) is 6.63. The molecular formula is C10H15NO3. The largest absolute Gasteiger partial charge is 0.464 e. The van der Waals surface area contributed by atoms with E-state index < -0.39 is 6.09 Å². The Morgan fingerprint density at radius 1 is 1.64 bits per heavy atom. The molecule has 1 amide bonds. The normalized spacial score (nSPS) is 12.2. The third-order valence-electron chi connectivity index (χ3n) is 1.80. The molecule has 4 nitrogen and oxygen atoms in total. The maximum absolute atomic E-state index is 11.1. The zero-order valence-electron chi connectivity index (χ0n) is 8.66. The van der Waals surface area contributed by atoms with E-state index in [1.807, 2.05) is 26.0 Å². The van der Waals surface area contributed by atoms with Gasteiger partial charge in [0.2, 0.25) is 0 Å². The number of ether oxygens (including phenoxy) is 1. The van der Waals surface area contributed by atoms with Crippen molar-refractivity contribution in [2.45, 2.75) is 26.8 Å². The number of furan rings is 1. The van der Waals surface area contributed by atoms with Crippen molar-refractivity contribution >= 4 is 6.09 Å². The second kappa shape index (κ2) is 4.69. The Morgan fingerprint density at radius 3 is 2.86 bits per heavy atom. The van der Waals surface area contributed by atoms with Crippen molar-refractivity contribution in [3.05, 3.63) is 23.7 Å². The Bertz CT molecular complexity index is 306. The molecule has 1 aromatic rings. The Hall–Kier alpha value is -1.45. The van der Waals surface area contributed by atoms with E-state index >= 15 is 0 Å². The number of nitrogens with one attached hydrogen (secondary N) is 1. The van der Waals surface area contributed by atoms with Gasteiger partial charge in [-0.2, -0.15) is 0 Å². The zero-order valence-corrected chi connectivity index (χ0v) is 8.66. The van der Waals surface area contributed by atoms with Crippen LogP contribution in [0.5, 0.6) is 0 Å². The minimum Gasteiger partial charge on any atom is -0.464 e. The number of alkyl carbamates (subject to hydrolysis) is 1. The lowest BCUT2D eigenvalue weighted by molar-refractivity contribution is 0.147. The second-order valence-electron chi connectivity index (χ2n) is 3.03. The first-order valence-electron chi connectivity index (χ1n) is 4.63. The Morgan fingerprint density at radius 2 is 2.36 bits per heavy atom. The van der Waals surface area contributed by atoms with Crippen molar-refractivity contribution in [2.24, 2.45) is 0 Å². The summed E-state index contributed by atoms with van der Waals surface area (Å²) in [5.74, 6) is 1.56. The Kier molecular flexibility index (Phi) is 3.56. The summed E-state index contributed by atoms with van der Waals surface area (Å²) in [6, 6.07) is 3.54. The van der Waals surface area contributed by atoms with Crippen LogP contribution in [0.1, 0.15) is 31.4 Å². The summed E-state index contributed by atoms with van der Waals surface area (Å²) in [5.41, 5.74) is 0. The second-order valence-corrected chi connectivity index (χ2v) is 3.03. The van der Waals surface area contributed by atoms with Crippen LogP contribution in [-0.4, -0.2) is 12.7 Å². The molecule has 0 aliphatic rings. The van der Waals surface area contributed by atoms with E-state index in [-0.39, 0.29) is 6.04 Å². The van der Waals surface area contributed by atoms with E-state index in [1.165, 1.54) is 0 Å². The van der Waals surface area contributed by atoms with Crippen molar-refractivity contribution in [3.8, 4) is 0 Å². The topological polar surface area (TPSA) is 51.5 Å². The van der Waals surface area contributed by atoms with Gasteiger partial charge in [0.15, 0.2) is 0 Å². The SMILES string of the molecule is CCOC(=O)NC(C)c1ccc(C)o1. The lowest BCUT2D eigenvalue weighted by Gasteiger charge is -2.10. The van der Waals surface area contributed by atoms with E-state index in [0.717, 1.165) is 11.5 Å². The highest BCUT2D eigenvalue weighted by molar-refractivity contribution is 5.67. The fourth-order valence-corrected chi connectivity index (χ4v) is 1.11. The van der Waals surface area contributed by atoms with Crippen molar-refractivity contribution in [1.29, 1.82) is 0 Å². The highest BCUT2D eigenvalue weighted by Gasteiger charge is 2.12. The van der Waals surface area contributed by atoms with E-state index in [4.69, 9.17) is 9.15 Å². The van der Waals surface area contributed by atoms with Gasteiger partial charge in [0, 0.05) is 0 Å². The zero-order chi connectivity index (χ0) is 10.6. The summed E-state index contributed by atoms with van der Waals surface area (Å²) in [7, 11) is 0. The first-order valence-corrected chi connectivity index (χ1v) is 4.63. The quantitative estimate of drug-likeness (QED) is 0.809. The molecule has 0 saturated heterocycles. The molecule has 0 aromatic carbocycles. The van der Waals surface area contributed by atoms with Gasteiger partial charge >= 0.3 is 6.09 Å². The van der Waals surface area contributed by atoms with Gasteiger partial charge in [-0.15, -0.1) is 0 Å². The van der Waals surface area contributed by atoms with Crippen LogP contribution in [0, 0.1) is 6.92 Å². The van der Waals surface area contributed by atoms with Gasteiger partial charge < -0.3 is 14.5 Å². The molecule has 1 aromatic heterocycles. The molecule has 4 heteroatoms. The smallest absolute Gasteiger partial charge is 0.407 e. The molecule has 0 bridgehead atoms. The van der Waals surface area contributed by atoms with Gasteiger partial charge in [0.05, 0.1) is 12.6 Å². The minimum atomic E-state index is -0.422. The van der Waals surface area contributed by atoms with Crippen LogP contribution >= 0.6 is 0 Å². The van der Waals surface area contributed by atoms with Crippen molar-refractivity contribution in [3.63, 3.8) is 0 Å². The monoisotopic (exact) mass is 197 g/mol. The van der Waals surface area contributed by atoms with Crippen LogP contribution in [0.2, 0.25) is 0 Å². The van der Waals surface area contributed by atoms with Crippen LogP contribution in [0.15, 0.2) is 16.5 Å². The molecule has 14 heavy (non-hydrogen) atoms. The van der Waals surface area contributed by atoms with Crippen LogP contribution in [0.25, 0.3) is 0 Å². The minimum absolute atomic E-state index is 0.164. The maximum atomic E-state index is 11.1. The highest BCUT2D eigenvalue weighted by atomic mass is 16.5. The van der Waals surface area contributed by atoms with Gasteiger partial charge in [-0.3, -0.25) is 0 Å². The van der Waals surface area contributed by atoms with Gasteiger partial charge in [-0.1, -0.05) is 0 Å². The highest BCUT2D eigenvalue weighted by Crippen LogP contribution is 2.15. The third kappa shape index (κ3) is 2.80. The molecule has 78 valence electrons. The number of carbonyl (C=O) groups is 1. The third-order valence-corrected chi connectivity index (χ3v) is 1.80. The fraction of sp³-hybridized carbons (Fsp3) is 0.500. The molecule has 0 saturated carbocycles. The Labute approximate surface area is 83.2 Å². The predicted octanol–water partition coefficient (Wildman–Crippen LogP) is 2.40. The number of hydrogen-bond acceptors (Lipinski definition) is 3. The molecule has 0 radical (unpaired) electrons. The summed E-state index contributed by atoms with van der Waals surface area (Å²) >= 11 is 0. The van der Waals surface area contributed by atoms with Crippen LogP contribution in [0.3, 0.4) is 0 Å². The van der Waals surface area contributed by atoms with Gasteiger partial charge in [-0.05, 0) is 32.9 Å². The van der Waals surface area contributed by atoms with Crippen molar-refractivity contribution in [1.82, 2.24) is 5.32 Å². The molecule has 1 atom stereocenters. The van der Waals surface area contributed by atoms with E-state index in [2.05, 4.69) is 5.32 Å². The van der Waals surface area contributed by atoms with Crippen LogP contribution < -0.4 is 5.32 Å². The summed E-state index contributed by atoms with van der Waals surface area (Å²) in [4.78, 5) is 11.1. The Balaban J connectivity index is 2.50. The number of hydrogen-bond donors (Lipinski definition) is 1. The summed E-state index contributed by atoms with van der Waals surface area (Å²) in [6.07, 6.45) is -0.422. The summed E-state index contributed by atoms with van der Waals surface area (Å²) < 4.78 is 10.1. The maximum Gasteiger partial charge on any atom is 0.407 e. The van der Waals surface area contributed by atoms with Crippen LogP contribution in [-0.2, 0) is 4.74 Å². The number of aryl methyl sites for hydroxylation is 1. The molecule has 0 aliphatic carbocycles. The average molecular weight is 197 g/mol. The molecule has 1 heterocycles. The van der Waals surface area contributed by atoms with Gasteiger partial charge in [0.1, 0.15) is 11.5 Å². The molecule has 1 unspecified atom stereocenters. The molecule has 0 fully saturated rings. The van der Waals surface area contributed by atoms with Crippen molar-refractivity contribution in [2.75, 3.05) is 6.61 Å². The van der Waals surface area contributed by atoms with Gasteiger partial charge in [0.25, 0.3) is 0 Å². The average Bonchev–Trinajstić information content (AvgIpc) is 2.52. The van der Waals surface area contributed by atoms with Crippen molar-refractivity contribution < 1.29 is 13.9 Å². The lowest BCUT2D eigenvalue weighted by Crippen LogP contribution is -2.27. The lowest BCUT2D eigenvalue weighted by atomic mass is 10.2. The first kappa shape index (κ1) is 10.6. The predicted molar refractivity (Wildman–Crippen MR) is 52.0 cm³/mol. The van der Waals surface area contributed by atoms with E-state index in [0.29, 0.717) is 6.61 Å².